The van der Waals surface area contributed by atoms with Crippen LogP contribution in [-0.2, 0) is 0 Å². The molecule has 0 aliphatic carbocycles. The maximum Gasteiger partial charge on any atom is 0.159 e. The van der Waals surface area contributed by atoms with E-state index in [0.29, 0.717) is 0 Å². The lowest BCUT2D eigenvalue weighted by Gasteiger charge is -2.26. The Morgan fingerprint density at radius 1 is 0.296 bits per heavy atom. The zero-order valence-corrected chi connectivity index (χ0v) is 29.6. The molecule has 9 aromatic carbocycles. The molecule has 0 saturated heterocycles. The summed E-state index contributed by atoms with van der Waals surface area (Å²) < 4.78 is 7.10. The molecular weight excluding hydrogens is 655 g/mol. The second-order valence-electron chi connectivity index (χ2n) is 13.7. The Hall–Kier alpha value is -7.16. The standard InChI is InChI=1S/C52H35NO/c1-4-13-36(14-5-1)39-25-29-45(30-26-39)53(46-31-27-40(28-32-46)37-15-6-2-7-16-37)50-35-44(43-24-23-38-17-10-11-20-42(38)33-43)34-49-48-22-12-21-47(51(48)54-52(49)50)41-18-8-3-9-19-41/h1-35H. The summed E-state index contributed by atoms with van der Waals surface area (Å²) in [5.74, 6) is 0. The molecule has 0 fully saturated rings. The molecule has 0 saturated carbocycles. The van der Waals surface area contributed by atoms with Crippen LogP contribution >= 0.6 is 0 Å². The molecule has 254 valence electrons. The number of para-hydroxylation sites is 1. The molecule has 10 aromatic rings. The van der Waals surface area contributed by atoms with E-state index in [-0.39, 0.29) is 0 Å². The van der Waals surface area contributed by atoms with Gasteiger partial charge < -0.3 is 9.32 Å². The van der Waals surface area contributed by atoms with Gasteiger partial charge in [0.25, 0.3) is 0 Å². The highest BCUT2D eigenvalue weighted by atomic mass is 16.3. The van der Waals surface area contributed by atoms with Gasteiger partial charge in [-0.25, -0.2) is 0 Å². The summed E-state index contributed by atoms with van der Waals surface area (Å²) in [6.07, 6.45) is 0. The van der Waals surface area contributed by atoms with Crippen molar-refractivity contribution in [2.24, 2.45) is 0 Å². The van der Waals surface area contributed by atoms with Crippen LogP contribution in [0.25, 0.3) is 77.2 Å². The summed E-state index contributed by atoms with van der Waals surface area (Å²) in [4.78, 5) is 2.35. The third-order valence-electron chi connectivity index (χ3n) is 10.5. The molecule has 0 radical (unpaired) electrons. The Morgan fingerprint density at radius 2 is 0.815 bits per heavy atom. The van der Waals surface area contributed by atoms with Crippen molar-refractivity contribution in [2.45, 2.75) is 0 Å². The average molecular weight is 690 g/mol. The fraction of sp³-hybridized carbons (Fsp3) is 0. The summed E-state index contributed by atoms with van der Waals surface area (Å²) in [7, 11) is 0. The summed E-state index contributed by atoms with van der Waals surface area (Å²) in [5.41, 5.74) is 14.0. The number of nitrogens with zero attached hydrogens (tertiary/aromatic N) is 1. The molecule has 0 spiro atoms. The molecule has 10 rings (SSSR count). The lowest BCUT2D eigenvalue weighted by molar-refractivity contribution is 0.670. The molecule has 0 aliphatic rings. The predicted molar refractivity (Wildman–Crippen MR) is 228 cm³/mol. The first-order valence-electron chi connectivity index (χ1n) is 18.4. The number of benzene rings is 9. The van der Waals surface area contributed by atoms with Crippen LogP contribution in [0.1, 0.15) is 0 Å². The van der Waals surface area contributed by atoms with Crippen LogP contribution in [0.3, 0.4) is 0 Å². The highest BCUT2D eigenvalue weighted by molar-refractivity contribution is 6.15. The second kappa shape index (κ2) is 13.4. The second-order valence-corrected chi connectivity index (χ2v) is 13.7. The Balaban J connectivity index is 1.23. The normalized spacial score (nSPS) is 11.3. The van der Waals surface area contributed by atoms with Crippen molar-refractivity contribution in [2.75, 3.05) is 4.90 Å². The van der Waals surface area contributed by atoms with Crippen LogP contribution in [0.15, 0.2) is 217 Å². The third-order valence-corrected chi connectivity index (χ3v) is 10.5. The van der Waals surface area contributed by atoms with Gasteiger partial charge >= 0.3 is 0 Å². The summed E-state index contributed by atoms with van der Waals surface area (Å²) in [6, 6.07) is 75.8. The summed E-state index contributed by atoms with van der Waals surface area (Å²) in [6.45, 7) is 0. The minimum absolute atomic E-state index is 0.845. The highest BCUT2D eigenvalue weighted by Crippen LogP contribution is 2.47. The molecule has 0 N–H and O–H groups in total. The van der Waals surface area contributed by atoms with Gasteiger partial charge in [0, 0.05) is 27.7 Å². The van der Waals surface area contributed by atoms with E-state index < -0.39 is 0 Å². The zero-order chi connectivity index (χ0) is 35.8. The van der Waals surface area contributed by atoms with Crippen LogP contribution in [-0.4, -0.2) is 0 Å². The molecular formula is C52H35NO. The van der Waals surface area contributed by atoms with Gasteiger partial charge in [-0.3, -0.25) is 0 Å². The summed E-state index contributed by atoms with van der Waals surface area (Å²) in [5, 5.41) is 4.61. The van der Waals surface area contributed by atoms with Gasteiger partial charge in [0.2, 0.25) is 0 Å². The fourth-order valence-electron chi connectivity index (χ4n) is 7.72. The van der Waals surface area contributed by atoms with Crippen LogP contribution < -0.4 is 4.90 Å². The van der Waals surface area contributed by atoms with E-state index in [0.717, 1.165) is 61.3 Å². The number of hydrogen-bond donors (Lipinski definition) is 0. The Bertz CT molecular complexity index is 2810. The molecule has 2 nitrogen and oxygen atoms in total. The van der Waals surface area contributed by atoms with E-state index in [4.69, 9.17) is 4.42 Å². The van der Waals surface area contributed by atoms with Crippen LogP contribution in [0.5, 0.6) is 0 Å². The van der Waals surface area contributed by atoms with Gasteiger partial charge in [-0.15, -0.1) is 0 Å². The smallest absolute Gasteiger partial charge is 0.159 e. The van der Waals surface area contributed by atoms with Gasteiger partial charge in [-0.1, -0.05) is 170 Å². The summed E-state index contributed by atoms with van der Waals surface area (Å²) >= 11 is 0. The topological polar surface area (TPSA) is 16.4 Å². The molecule has 1 aromatic heterocycles. The maximum absolute atomic E-state index is 7.10. The number of furan rings is 1. The largest absolute Gasteiger partial charge is 0.453 e. The van der Waals surface area contributed by atoms with Gasteiger partial charge in [0.1, 0.15) is 5.58 Å². The molecule has 54 heavy (non-hydrogen) atoms. The quantitative estimate of drug-likeness (QED) is 0.166. The first-order chi connectivity index (χ1) is 26.8. The van der Waals surface area contributed by atoms with Crippen molar-refractivity contribution in [3.05, 3.63) is 212 Å². The fourth-order valence-corrected chi connectivity index (χ4v) is 7.72. The zero-order valence-electron chi connectivity index (χ0n) is 29.6. The van der Waals surface area contributed by atoms with Crippen molar-refractivity contribution in [1.29, 1.82) is 0 Å². The van der Waals surface area contributed by atoms with E-state index in [1.807, 2.05) is 0 Å². The highest BCUT2D eigenvalue weighted by Gasteiger charge is 2.23. The molecule has 0 atom stereocenters. The number of anilines is 3. The first-order valence-corrected chi connectivity index (χ1v) is 18.4. The van der Waals surface area contributed by atoms with Gasteiger partial charge in [0.15, 0.2) is 5.58 Å². The SMILES string of the molecule is c1ccc(-c2ccc(N(c3ccc(-c4ccccc4)cc3)c3cc(-c4ccc5ccccc5c4)cc4c3oc3c(-c5ccccc5)cccc34)cc2)cc1. The molecule has 0 aliphatic heterocycles. The molecule has 0 unspecified atom stereocenters. The predicted octanol–water partition coefficient (Wildman–Crippen LogP) is 14.9. The van der Waals surface area contributed by atoms with Crippen molar-refractivity contribution in [1.82, 2.24) is 0 Å². The van der Waals surface area contributed by atoms with Crippen molar-refractivity contribution < 1.29 is 4.42 Å². The monoisotopic (exact) mass is 689 g/mol. The van der Waals surface area contributed by atoms with Gasteiger partial charge in [-0.05, 0) is 92.2 Å². The van der Waals surface area contributed by atoms with Gasteiger partial charge in [0.05, 0.1) is 5.69 Å². The van der Waals surface area contributed by atoms with Crippen LogP contribution in [0.4, 0.5) is 17.1 Å². The average Bonchev–Trinajstić information content (AvgIpc) is 3.64. The maximum atomic E-state index is 7.10. The Morgan fingerprint density at radius 3 is 1.43 bits per heavy atom. The van der Waals surface area contributed by atoms with E-state index in [1.54, 1.807) is 0 Å². The van der Waals surface area contributed by atoms with E-state index in [9.17, 15) is 0 Å². The molecule has 1 heterocycles. The van der Waals surface area contributed by atoms with Crippen LogP contribution in [0, 0.1) is 0 Å². The van der Waals surface area contributed by atoms with E-state index >= 15 is 0 Å². The van der Waals surface area contributed by atoms with Crippen molar-refractivity contribution >= 4 is 49.8 Å². The lowest BCUT2D eigenvalue weighted by Crippen LogP contribution is -2.10. The van der Waals surface area contributed by atoms with E-state index in [2.05, 4.69) is 217 Å². The first kappa shape index (κ1) is 31.6. The molecule has 0 amide bonds. The minimum Gasteiger partial charge on any atom is -0.453 e. The Labute approximate surface area is 314 Å². The van der Waals surface area contributed by atoms with E-state index in [1.165, 1.54) is 33.0 Å². The lowest BCUT2D eigenvalue weighted by atomic mass is 9.97. The Kier molecular flexibility index (Phi) is 7.85. The number of rotatable bonds is 7. The minimum atomic E-state index is 0.845. The molecule has 0 bridgehead atoms. The number of fused-ring (bicyclic) bond motifs is 4. The van der Waals surface area contributed by atoms with Gasteiger partial charge in [-0.2, -0.15) is 0 Å². The number of hydrogen-bond acceptors (Lipinski definition) is 2. The molecule has 2 heteroatoms. The van der Waals surface area contributed by atoms with Crippen LogP contribution in [0.2, 0.25) is 0 Å². The van der Waals surface area contributed by atoms with Crippen molar-refractivity contribution in [3.63, 3.8) is 0 Å². The van der Waals surface area contributed by atoms with Crippen molar-refractivity contribution in [3.8, 4) is 44.5 Å². The third kappa shape index (κ3) is 5.71.